The maximum atomic E-state index is 14.4. The first-order valence-corrected chi connectivity index (χ1v) is 30.7. The van der Waals surface area contributed by atoms with Crippen LogP contribution >= 0.6 is 0 Å². The van der Waals surface area contributed by atoms with E-state index < -0.39 is 133 Å². The molecule has 0 aliphatic carbocycles. The van der Waals surface area contributed by atoms with E-state index in [1.54, 1.807) is 0 Å². The van der Waals surface area contributed by atoms with E-state index >= 15 is 0 Å². The zero-order chi connectivity index (χ0) is 68.0. The van der Waals surface area contributed by atoms with Crippen LogP contribution < -0.4 is 99.0 Å². The number of amides is 8. The second-order valence-electron chi connectivity index (χ2n) is 22.1. The smallest absolute Gasteiger partial charge is 0.305 e. The van der Waals surface area contributed by atoms with Crippen molar-refractivity contribution in [3.05, 3.63) is 18.2 Å². The lowest BCUT2D eigenvalue weighted by molar-refractivity contribution is -0.141. The molecule has 38 heteroatoms. The number of rotatable bonds is 39. The van der Waals surface area contributed by atoms with E-state index in [0.717, 1.165) is 51.4 Å². The Hall–Kier alpha value is -9.33. The van der Waals surface area contributed by atoms with Gasteiger partial charge < -0.3 is 124 Å². The van der Waals surface area contributed by atoms with Gasteiger partial charge in [-0.05, 0) is 77.6 Å². The van der Waals surface area contributed by atoms with E-state index in [-0.39, 0.29) is 50.8 Å². The number of nitrogens with zero attached hydrogens (tertiary/aromatic N) is 7. The number of likely N-dealkylation sites (tertiary alicyclic amines) is 1. The van der Waals surface area contributed by atoms with Crippen LogP contribution in [0.3, 0.4) is 0 Å². The number of aliphatic imine (C=N–C) groups is 5. The topological polar surface area (TPSA) is 636 Å². The first-order chi connectivity index (χ1) is 43.8. The van der Waals surface area contributed by atoms with Gasteiger partial charge in [-0.2, -0.15) is 0 Å². The Labute approximate surface area is 533 Å². The quantitative estimate of drug-likeness (QED) is 0.0165. The zero-order valence-corrected chi connectivity index (χ0v) is 52.2. The lowest BCUT2D eigenvalue weighted by Crippen LogP contribution is -2.62. The van der Waals surface area contributed by atoms with E-state index in [9.17, 15) is 53.4 Å². The van der Waals surface area contributed by atoms with Crippen LogP contribution in [0.5, 0.6) is 0 Å². The van der Waals surface area contributed by atoms with Gasteiger partial charge >= 0.3 is 5.97 Å². The molecular weight excluding hydrogens is 1200 g/mol. The van der Waals surface area contributed by atoms with Gasteiger partial charge in [0.15, 0.2) is 29.8 Å². The van der Waals surface area contributed by atoms with Crippen molar-refractivity contribution >= 4 is 83.0 Å². The van der Waals surface area contributed by atoms with Crippen LogP contribution in [0.15, 0.2) is 37.5 Å². The van der Waals surface area contributed by atoms with E-state index in [0.29, 0.717) is 82.4 Å². The molecule has 3 heterocycles. The van der Waals surface area contributed by atoms with E-state index in [2.05, 4.69) is 88.1 Å². The second kappa shape index (κ2) is 42.6. The number of carboxylic acid groups (broad SMARTS) is 1. The van der Waals surface area contributed by atoms with Crippen molar-refractivity contribution in [2.24, 2.45) is 70.8 Å². The Bertz CT molecular complexity index is 2670. The number of H-pyrrole nitrogens is 1. The fraction of sp³-hybridized carbons (Fsp3) is 0.685. The number of unbranched alkanes of at least 4 members (excludes halogenated alkanes) is 4. The number of primary amides is 1. The predicted octanol–water partition coefficient (Wildman–Crippen LogP) is -8.90. The Morgan fingerprint density at radius 1 is 0.696 bits per heavy atom. The average molecular weight is 1300 g/mol. The lowest BCUT2D eigenvalue weighted by Gasteiger charge is -2.34. The van der Waals surface area contributed by atoms with E-state index in [4.69, 9.17) is 51.0 Å². The highest BCUT2D eigenvalue weighted by Gasteiger charge is 2.42. The molecule has 8 amide bonds. The highest BCUT2D eigenvalue weighted by molar-refractivity contribution is 6.00. The zero-order valence-electron chi connectivity index (χ0n) is 52.2. The van der Waals surface area contributed by atoms with Crippen LogP contribution in [0.4, 0.5) is 0 Å². The monoisotopic (exact) mass is 1300 g/mol. The molecule has 1 aromatic rings. The Balaban J connectivity index is 1.38. The first-order valence-electron chi connectivity index (χ1n) is 30.7. The summed E-state index contributed by atoms with van der Waals surface area (Å²) in [6.07, 6.45) is 4.32. The maximum absolute atomic E-state index is 14.4. The molecule has 9 unspecified atom stereocenters. The number of carbonyl (C=O) groups is 9. The summed E-state index contributed by atoms with van der Waals surface area (Å²) in [4.78, 5) is 148. The maximum Gasteiger partial charge on any atom is 0.305 e. The van der Waals surface area contributed by atoms with Crippen LogP contribution in [0.25, 0.3) is 0 Å². The van der Waals surface area contributed by atoms with Crippen LogP contribution in [0.2, 0.25) is 0 Å². The number of aromatic nitrogens is 2. The summed E-state index contributed by atoms with van der Waals surface area (Å²) in [5.41, 5.74) is 46.0. The van der Waals surface area contributed by atoms with E-state index in [1.165, 1.54) is 24.3 Å². The van der Waals surface area contributed by atoms with Gasteiger partial charge in [-0.25, -0.2) is 4.98 Å². The predicted molar refractivity (Wildman–Crippen MR) is 341 cm³/mol. The van der Waals surface area contributed by atoms with Gasteiger partial charge in [-0.3, -0.25) is 68.1 Å². The minimum atomic E-state index is -1.77. The lowest BCUT2D eigenvalue weighted by atomic mass is 10.0. The molecule has 2 saturated heterocycles. The minimum Gasteiger partial charge on any atom is -0.481 e. The number of hydrogen-bond donors (Lipinski definition) is 22. The van der Waals surface area contributed by atoms with Crippen molar-refractivity contribution in [2.45, 2.75) is 164 Å². The molecule has 2 fully saturated rings. The third-order valence-electron chi connectivity index (χ3n) is 14.3. The van der Waals surface area contributed by atoms with Gasteiger partial charge in [-0.15, -0.1) is 0 Å². The molecule has 30 N–H and O–H groups in total. The van der Waals surface area contributed by atoms with Gasteiger partial charge in [0.1, 0.15) is 24.2 Å². The normalized spacial score (nSPS) is 19.7. The highest BCUT2D eigenvalue weighted by atomic mass is 16.4. The van der Waals surface area contributed by atoms with Crippen molar-refractivity contribution in [3.8, 4) is 0 Å². The number of aliphatic hydroxyl groups is 2. The summed E-state index contributed by atoms with van der Waals surface area (Å²) in [5, 5.41) is 57.9. The Morgan fingerprint density at radius 2 is 1.25 bits per heavy atom. The second-order valence-corrected chi connectivity index (χ2v) is 22.1. The molecule has 92 heavy (non-hydrogen) atoms. The summed E-state index contributed by atoms with van der Waals surface area (Å²) >= 11 is 0. The average Bonchev–Trinajstić information content (AvgIpc) is 1.61. The molecule has 0 spiro atoms. The van der Waals surface area contributed by atoms with Gasteiger partial charge in [-0.1, -0.05) is 0 Å². The Morgan fingerprint density at radius 3 is 1.77 bits per heavy atom. The SMILES string of the molecule is CC1NC(=O)CC(NC(=O)C(Cc2cnc[nH]2)NC(=O)C(N)CC(=O)O)C(=O)NC(CC(N)=O)C(=O)NC1C(=O)N1CCCC1C(O)CC(=O)NCCC(O)CN=C(N)NCCCCNC(N)=NCCCCN=C(N)NCCCCNC(N)=NCCCCN=C(N)N. The summed E-state index contributed by atoms with van der Waals surface area (Å²) in [6, 6.07) is -10.3. The molecule has 0 saturated carbocycles. The molecule has 0 bridgehead atoms. The summed E-state index contributed by atoms with van der Waals surface area (Å²) in [5.74, 6) is -7.67. The van der Waals surface area contributed by atoms with Gasteiger partial charge in [0.05, 0.1) is 68.9 Å². The number of imidazole rings is 1. The molecular formula is C54H98N26O12. The van der Waals surface area contributed by atoms with Crippen LogP contribution in [-0.2, 0) is 49.6 Å². The summed E-state index contributed by atoms with van der Waals surface area (Å²) < 4.78 is 0. The number of carbonyl (C=O) groups excluding carboxylic acids is 8. The molecule has 516 valence electrons. The number of aliphatic carboxylic acids is 1. The molecule has 2 aliphatic heterocycles. The number of guanidine groups is 5. The van der Waals surface area contributed by atoms with Gasteiger partial charge in [0.2, 0.25) is 47.3 Å². The summed E-state index contributed by atoms with van der Waals surface area (Å²) in [6.45, 7) is 6.11. The first kappa shape index (κ1) is 76.9. The third kappa shape index (κ3) is 31.9. The minimum absolute atomic E-state index is 0.00962. The standard InChI is InChI=1S/C54H98N26O12/c1-31-44(79-48(91)36(25-40(56)83)77-47(90)37(26-42(85)75-31)78-46(89)35(23-32-28-63-30-74-32)76-45(88)34(55)24-43(86)87)49(92)80-22-10-11-38(80)39(82)27-41(84)64-21-12-33(81)29-73-54(62)72-20-9-8-19-71-53(61)70-18-7-6-17-69-52(60)68-16-5-4-15-67-51(59)66-14-3-2-13-65-50(57)58/h28,30-31,33-39,44,81-82H,2-27,29,55H2,1H3,(H2,56,83)(H,63,74)(H,64,84)(H,75,85)(H,76,88)(H,77,90)(H,78,89)(H,79,91)(H,86,87)(H4,57,58,65)(H3,59,66,67)(H3,60,68,69)(H3,61,70,71)(H3,62,72,73). The van der Waals surface area contributed by atoms with Crippen molar-refractivity contribution in [3.63, 3.8) is 0 Å². The number of aliphatic hydroxyl groups excluding tert-OH is 2. The largest absolute Gasteiger partial charge is 0.481 e. The van der Waals surface area contributed by atoms with Crippen molar-refractivity contribution in [1.82, 2.24) is 68.0 Å². The molecule has 3 rings (SSSR count). The van der Waals surface area contributed by atoms with Crippen LogP contribution in [0, 0.1) is 0 Å². The molecule has 0 aromatic carbocycles. The number of hydrogen-bond acceptors (Lipinski definition) is 18. The molecule has 2 aliphatic rings. The fourth-order valence-electron chi connectivity index (χ4n) is 9.35. The Kier molecular flexibility index (Phi) is 35.6. The van der Waals surface area contributed by atoms with Crippen LogP contribution in [0.1, 0.15) is 109 Å². The van der Waals surface area contributed by atoms with Gasteiger partial charge in [0, 0.05) is 83.8 Å². The molecule has 9 atom stereocenters. The highest BCUT2D eigenvalue weighted by Crippen LogP contribution is 2.24. The molecule has 0 radical (unpaired) electrons. The third-order valence-corrected chi connectivity index (χ3v) is 14.3. The van der Waals surface area contributed by atoms with E-state index in [1.807, 2.05) is 0 Å². The summed E-state index contributed by atoms with van der Waals surface area (Å²) in [7, 11) is 0. The fourth-order valence-corrected chi connectivity index (χ4v) is 9.35. The van der Waals surface area contributed by atoms with Gasteiger partial charge in [0.25, 0.3) is 0 Å². The van der Waals surface area contributed by atoms with Crippen LogP contribution in [-0.4, -0.2) is 240 Å². The molecule has 38 nitrogen and oxygen atoms in total. The number of nitrogens with one attached hydrogen (secondary N) is 11. The number of nitrogens with two attached hydrogens (primary N) is 8. The van der Waals surface area contributed by atoms with Crippen molar-refractivity contribution in [1.29, 1.82) is 0 Å². The number of aromatic amines is 1. The number of carboxylic acids is 1. The van der Waals surface area contributed by atoms with Crippen molar-refractivity contribution < 1.29 is 58.5 Å². The molecule has 1 aromatic heterocycles. The van der Waals surface area contributed by atoms with Crippen molar-refractivity contribution in [2.75, 3.05) is 72.0 Å².